The van der Waals surface area contributed by atoms with Gasteiger partial charge in [0.2, 0.25) is 0 Å². The Labute approximate surface area is 114 Å². The maximum atomic E-state index is 3.60. The van der Waals surface area contributed by atoms with Crippen molar-refractivity contribution in [2.75, 3.05) is 39.3 Å². The highest BCUT2D eigenvalue weighted by atomic mass is 15.3. The predicted octanol–water partition coefficient (Wildman–Crippen LogP) is 2.04. The topological polar surface area (TPSA) is 18.5 Å². The van der Waals surface area contributed by atoms with Gasteiger partial charge >= 0.3 is 0 Å². The molecule has 1 saturated heterocycles. The van der Waals surface area contributed by atoms with E-state index in [9.17, 15) is 0 Å². The van der Waals surface area contributed by atoms with Crippen molar-refractivity contribution >= 4 is 0 Å². The van der Waals surface area contributed by atoms with Crippen LogP contribution in [-0.2, 0) is 0 Å². The van der Waals surface area contributed by atoms with Crippen LogP contribution < -0.4 is 5.32 Å². The zero-order valence-electron chi connectivity index (χ0n) is 13.1. The van der Waals surface area contributed by atoms with Gasteiger partial charge < -0.3 is 5.32 Å². The van der Waals surface area contributed by atoms with Crippen LogP contribution in [0, 0.1) is 5.92 Å². The third-order valence-corrected chi connectivity index (χ3v) is 4.22. The fourth-order valence-corrected chi connectivity index (χ4v) is 3.01. The lowest BCUT2D eigenvalue weighted by Gasteiger charge is -2.44. The Kier molecular flexibility index (Phi) is 7.20. The normalized spacial score (nSPS) is 24.7. The van der Waals surface area contributed by atoms with Crippen LogP contribution in [0.25, 0.3) is 0 Å². The minimum atomic E-state index is 0.693. The quantitative estimate of drug-likeness (QED) is 0.702. The van der Waals surface area contributed by atoms with E-state index in [-0.39, 0.29) is 0 Å². The first-order chi connectivity index (χ1) is 8.60. The number of nitrogens with zero attached hydrogens (tertiary/aromatic N) is 2. The lowest BCUT2D eigenvalue weighted by Crippen LogP contribution is -2.57. The highest BCUT2D eigenvalue weighted by Crippen LogP contribution is 2.16. The van der Waals surface area contributed by atoms with E-state index in [0.29, 0.717) is 12.1 Å². The molecular weight excluding hydrogens is 222 g/mol. The average Bonchev–Trinajstić information content (AvgIpc) is 2.34. The van der Waals surface area contributed by atoms with E-state index in [1.165, 1.54) is 32.6 Å². The summed E-state index contributed by atoms with van der Waals surface area (Å²) in [5, 5.41) is 3.60. The highest BCUT2D eigenvalue weighted by molar-refractivity contribution is 4.85. The Balaban J connectivity index is 2.48. The number of rotatable bonds is 7. The summed E-state index contributed by atoms with van der Waals surface area (Å²) in [7, 11) is 0. The van der Waals surface area contributed by atoms with Crippen LogP contribution >= 0.6 is 0 Å². The number of hydrogen-bond donors (Lipinski definition) is 1. The molecule has 1 N–H and O–H groups in total. The molecule has 3 heteroatoms. The zero-order valence-corrected chi connectivity index (χ0v) is 13.1. The van der Waals surface area contributed by atoms with Gasteiger partial charge in [-0.25, -0.2) is 0 Å². The molecule has 1 aliphatic rings. The maximum Gasteiger partial charge on any atom is 0.0244 e. The molecule has 1 aliphatic heterocycles. The molecule has 3 nitrogen and oxygen atoms in total. The standard InChI is InChI=1S/C15H33N3/c1-6-8-16-11-15(13(3)4)18-10-9-17(7-2)14(5)12-18/h13-16H,6-12H2,1-5H3. The first-order valence-electron chi connectivity index (χ1n) is 7.78. The van der Waals surface area contributed by atoms with Crippen molar-refractivity contribution in [3.05, 3.63) is 0 Å². The Morgan fingerprint density at radius 3 is 2.44 bits per heavy atom. The van der Waals surface area contributed by atoms with Crippen LogP contribution in [0.5, 0.6) is 0 Å². The molecule has 2 unspecified atom stereocenters. The fourth-order valence-electron chi connectivity index (χ4n) is 3.01. The molecule has 18 heavy (non-hydrogen) atoms. The molecule has 108 valence electrons. The van der Waals surface area contributed by atoms with Crippen molar-refractivity contribution < 1.29 is 0 Å². The van der Waals surface area contributed by atoms with E-state index in [2.05, 4.69) is 49.7 Å². The summed E-state index contributed by atoms with van der Waals surface area (Å²) >= 11 is 0. The SMILES string of the molecule is CCCNCC(C(C)C)N1CCN(CC)C(C)C1. The van der Waals surface area contributed by atoms with Gasteiger partial charge in [-0.05, 0) is 32.4 Å². The molecule has 0 spiro atoms. The number of hydrogen-bond acceptors (Lipinski definition) is 3. The van der Waals surface area contributed by atoms with Gasteiger partial charge in [0.1, 0.15) is 0 Å². The van der Waals surface area contributed by atoms with Crippen molar-refractivity contribution in [2.24, 2.45) is 5.92 Å². The summed E-state index contributed by atoms with van der Waals surface area (Å²) < 4.78 is 0. The Bertz CT molecular complexity index is 218. The highest BCUT2D eigenvalue weighted by Gasteiger charge is 2.28. The van der Waals surface area contributed by atoms with E-state index in [1.807, 2.05) is 0 Å². The number of nitrogens with one attached hydrogen (secondary N) is 1. The van der Waals surface area contributed by atoms with Crippen molar-refractivity contribution in [3.63, 3.8) is 0 Å². The molecule has 0 aliphatic carbocycles. The molecule has 2 atom stereocenters. The second-order valence-corrected chi connectivity index (χ2v) is 5.99. The van der Waals surface area contributed by atoms with Gasteiger partial charge in [0.25, 0.3) is 0 Å². The summed E-state index contributed by atoms with van der Waals surface area (Å²) in [5.74, 6) is 0.731. The Hall–Kier alpha value is -0.120. The van der Waals surface area contributed by atoms with E-state index in [4.69, 9.17) is 0 Å². The van der Waals surface area contributed by atoms with E-state index < -0.39 is 0 Å². The van der Waals surface area contributed by atoms with Crippen LogP contribution in [0.1, 0.15) is 41.0 Å². The van der Waals surface area contributed by atoms with Gasteiger partial charge in [0.15, 0.2) is 0 Å². The lowest BCUT2D eigenvalue weighted by molar-refractivity contribution is 0.0437. The third-order valence-electron chi connectivity index (χ3n) is 4.22. The van der Waals surface area contributed by atoms with Gasteiger partial charge in [-0.15, -0.1) is 0 Å². The predicted molar refractivity (Wildman–Crippen MR) is 80.1 cm³/mol. The molecule has 0 aromatic heterocycles. The Morgan fingerprint density at radius 2 is 1.94 bits per heavy atom. The first-order valence-corrected chi connectivity index (χ1v) is 7.78. The summed E-state index contributed by atoms with van der Waals surface area (Å²) in [6, 6.07) is 1.40. The summed E-state index contributed by atoms with van der Waals surface area (Å²) in [5.41, 5.74) is 0. The van der Waals surface area contributed by atoms with Crippen LogP contribution in [0.2, 0.25) is 0 Å². The maximum absolute atomic E-state index is 3.60. The van der Waals surface area contributed by atoms with Crippen molar-refractivity contribution in [1.29, 1.82) is 0 Å². The van der Waals surface area contributed by atoms with Crippen molar-refractivity contribution in [1.82, 2.24) is 15.1 Å². The summed E-state index contributed by atoms with van der Waals surface area (Å²) in [4.78, 5) is 5.29. The molecule has 1 heterocycles. The lowest BCUT2D eigenvalue weighted by atomic mass is 10.00. The van der Waals surface area contributed by atoms with Crippen molar-refractivity contribution in [2.45, 2.75) is 53.1 Å². The summed E-state index contributed by atoms with van der Waals surface area (Å²) in [6.07, 6.45) is 1.23. The molecule has 0 bridgehead atoms. The number of likely N-dealkylation sites (N-methyl/N-ethyl adjacent to an activating group) is 1. The van der Waals surface area contributed by atoms with E-state index in [1.54, 1.807) is 0 Å². The average molecular weight is 255 g/mol. The zero-order chi connectivity index (χ0) is 13.5. The van der Waals surface area contributed by atoms with Crippen LogP contribution in [0.15, 0.2) is 0 Å². The first kappa shape index (κ1) is 15.9. The van der Waals surface area contributed by atoms with Crippen LogP contribution in [0.4, 0.5) is 0 Å². The number of piperazine rings is 1. The second-order valence-electron chi connectivity index (χ2n) is 5.99. The van der Waals surface area contributed by atoms with Gasteiger partial charge in [0.05, 0.1) is 0 Å². The van der Waals surface area contributed by atoms with E-state index >= 15 is 0 Å². The minimum absolute atomic E-state index is 0.693. The molecule has 0 aromatic carbocycles. The fraction of sp³-hybridized carbons (Fsp3) is 1.00. The smallest absolute Gasteiger partial charge is 0.0244 e. The molecule has 1 fully saturated rings. The second kappa shape index (κ2) is 8.13. The third kappa shape index (κ3) is 4.52. The largest absolute Gasteiger partial charge is 0.315 e. The Morgan fingerprint density at radius 1 is 1.22 bits per heavy atom. The van der Waals surface area contributed by atoms with Gasteiger partial charge in [-0.2, -0.15) is 0 Å². The molecular formula is C15H33N3. The van der Waals surface area contributed by atoms with Crippen molar-refractivity contribution in [3.8, 4) is 0 Å². The molecule has 0 radical (unpaired) electrons. The van der Waals surface area contributed by atoms with Crippen LogP contribution in [-0.4, -0.2) is 61.2 Å². The van der Waals surface area contributed by atoms with Gasteiger partial charge in [-0.3, -0.25) is 9.80 Å². The van der Waals surface area contributed by atoms with Crippen LogP contribution in [0.3, 0.4) is 0 Å². The molecule has 0 saturated carbocycles. The van der Waals surface area contributed by atoms with E-state index in [0.717, 1.165) is 19.0 Å². The van der Waals surface area contributed by atoms with Gasteiger partial charge in [-0.1, -0.05) is 27.7 Å². The molecule has 0 aromatic rings. The monoisotopic (exact) mass is 255 g/mol. The summed E-state index contributed by atoms with van der Waals surface area (Å²) in [6.45, 7) is 18.8. The minimum Gasteiger partial charge on any atom is -0.315 e. The van der Waals surface area contributed by atoms with Gasteiger partial charge in [0, 0.05) is 38.3 Å². The molecule has 1 rings (SSSR count). The molecule has 0 amide bonds.